The van der Waals surface area contributed by atoms with Crippen LogP contribution >= 0.6 is 12.6 Å². The number of aliphatic hydroxyl groups excluding tert-OH is 1. The number of hydrogen-bond acceptors (Lipinski definition) is 3. The Bertz CT molecular complexity index is 90.2. The van der Waals surface area contributed by atoms with Crippen molar-refractivity contribution in [1.29, 1.82) is 0 Å². The summed E-state index contributed by atoms with van der Waals surface area (Å²) < 4.78 is 0. The van der Waals surface area contributed by atoms with E-state index in [2.05, 4.69) is 31.4 Å². The van der Waals surface area contributed by atoms with E-state index in [1.54, 1.807) is 0 Å². The van der Waals surface area contributed by atoms with Crippen LogP contribution in [0.3, 0.4) is 0 Å². The van der Waals surface area contributed by atoms with Crippen molar-refractivity contribution in [2.24, 2.45) is 5.92 Å². The molecule has 1 atom stereocenters. The van der Waals surface area contributed by atoms with Crippen LogP contribution < -0.4 is 0 Å². The number of nitrogens with zero attached hydrogens (tertiary/aromatic N) is 1. The first-order chi connectivity index (χ1) is 5.24. The predicted molar refractivity (Wildman–Crippen MR) is 52.2 cm³/mol. The van der Waals surface area contributed by atoms with E-state index in [-0.39, 0.29) is 6.61 Å². The Morgan fingerprint density at radius 1 is 1.55 bits per heavy atom. The van der Waals surface area contributed by atoms with Crippen LogP contribution in [0.1, 0.15) is 13.8 Å². The lowest BCUT2D eigenvalue weighted by molar-refractivity contribution is 0.189. The highest BCUT2D eigenvalue weighted by Gasteiger charge is 2.05. The molecule has 0 aliphatic rings. The minimum absolute atomic E-state index is 0.257. The van der Waals surface area contributed by atoms with Crippen molar-refractivity contribution in [3.05, 3.63) is 0 Å². The fourth-order valence-corrected chi connectivity index (χ4v) is 1.13. The van der Waals surface area contributed by atoms with Gasteiger partial charge < -0.3 is 10.0 Å². The molecular weight excluding hydrogens is 158 g/mol. The Kier molecular flexibility index (Phi) is 7.12. The molecule has 0 amide bonds. The van der Waals surface area contributed by atoms with Gasteiger partial charge in [0.15, 0.2) is 0 Å². The molecule has 0 heterocycles. The molecule has 0 aromatic rings. The van der Waals surface area contributed by atoms with Gasteiger partial charge in [0.2, 0.25) is 0 Å². The molecule has 0 aliphatic carbocycles. The minimum Gasteiger partial charge on any atom is -0.395 e. The van der Waals surface area contributed by atoms with Gasteiger partial charge in [0.1, 0.15) is 0 Å². The van der Waals surface area contributed by atoms with Crippen LogP contribution in [0.15, 0.2) is 0 Å². The van der Waals surface area contributed by atoms with E-state index in [0.717, 1.165) is 25.4 Å². The molecular formula is C8H19NOS. The van der Waals surface area contributed by atoms with Crippen molar-refractivity contribution >= 4 is 12.6 Å². The molecule has 11 heavy (non-hydrogen) atoms. The zero-order valence-corrected chi connectivity index (χ0v) is 8.35. The SMILES string of the molecule is CCN(CCO)CC(C)CS. The van der Waals surface area contributed by atoms with E-state index >= 15 is 0 Å². The summed E-state index contributed by atoms with van der Waals surface area (Å²) in [6.07, 6.45) is 0. The van der Waals surface area contributed by atoms with E-state index in [9.17, 15) is 0 Å². The van der Waals surface area contributed by atoms with Gasteiger partial charge in [0.05, 0.1) is 6.61 Å². The second-order valence-electron chi connectivity index (χ2n) is 2.90. The maximum Gasteiger partial charge on any atom is 0.0558 e. The molecule has 3 heteroatoms. The van der Waals surface area contributed by atoms with Gasteiger partial charge in [-0.3, -0.25) is 0 Å². The minimum atomic E-state index is 0.257. The van der Waals surface area contributed by atoms with Crippen LogP contribution in [-0.4, -0.2) is 42.0 Å². The standard InChI is InChI=1S/C8H19NOS/c1-3-9(4-5-10)6-8(2)7-11/h8,10-11H,3-7H2,1-2H3. The van der Waals surface area contributed by atoms with Crippen molar-refractivity contribution < 1.29 is 5.11 Å². The first-order valence-electron chi connectivity index (χ1n) is 4.18. The molecule has 0 saturated carbocycles. The molecule has 1 N–H and O–H groups in total. The maximum atomic E-state index is 8.69. The lowest BCUT2D eigenvalue weighted by atomic mass is 10.2. The van der Waals surface area contributed by atoms with Crippen molar-refractivity contribution in [2.45, 2.75) is 13.8 Å². The summed E-state index contributed by atoms with van der Waals surface area (Å²) in [4.78, 5) is 2.24. The smallest absolute Gasteiger partial charge is 0.0558 e. The first-order valence-corrected chi connectivity index (χ1v) is 4.81. The molecule has 0 bridgehead atoms. The zero-order valence-electron chi connectivity index (χ0n) is 7.45. The molecule has 0 radical (unpaired) electrons. The fraction of sp³-hybridized carbons (Fsp3) is 1.00. The van der Waals surface area contributed by atoms with Gasteiger partial charge in [-0.1, -0.05) is 13.8 Å². The van der Waals surface area contributed by atoms with E-state index in [1.165, 1.54) is 0 Å². The van der Waals surface area contributed by atoms with Crippen molar-refractivity contribution in [3.8, 4) is 0 Å². The molecule has 2 nitrogen and oxygen atoms in total. The topological polar surface area (TPSA) is 23.5 Å². The van der Waals surface area contributed by atoms with Gasteiger partial charge >= 0.3 is 0 Å². The molecule has 0 aromatic heterocycles. The van der Waals surface area contributed by atoms with E-state index in [0.29, 0.717) is 5.92 Å². The Labute approximate surface area is 75.0 Å². The highest BCUT2D eigenvalue weighted by atomic mass is 32.1. The number of likely N-dealkylation sites (N-methyl/N-ethyl adjacent to an activating group) is 1. The van der Waals surface area contributed by atoms with Gasteiger partial charge in [-0.25, -0.2) is 0 Å². The van der Waals surface area contributed by atoms with Gasteiger partial charge in [-0.05, 0) is 18.2 Å². The van der Waals surface area contributed by atoms with E-state index in [4.69, 9.17) is 5.11 Å². The van der Waals surface area contributed by atoms with Crippen LogP contribution in [0.5, 0.6) is 0 Å². The molecule has 68 valence electrons. The number of aliphatic hydroxyl groups is 1. The first kappa shape index (κ1) is 11.3. The Hall–Kier alpha value is 0.270. The summed E-state index contributed by atoms with van der Waals surface area (Å²) in [5, 5.41) is 8.69. The lowest BCUT2D eigenvalue weighted by Gasteiger charge is -2.22. The Morgan fingerprint density at radius 3 is 2.55 bits per heavy atom. The van der Waals surface area contributed by atoms with Crippen LogP contribution in [0, 0.1) is 5.92 Å². The Morgan fingerprint density at radius 2 is 2.18 bits per heavy atom. The monoisotopic (exact) mass is 177 g/mol. The van der Waals surface area contributed by atoms with Gasteiger partial charge in [0.25, 0.3) is 0 Å². The number of rotatable bonds is 6. The van der Waals surface area contributed by atoms with Crippen LogP contribution in [-0.2, 0) is 0 Å². The second-order valence-corrected chi connectivity index (χ2v) is 3.27. The normalized spacial score (nSPS) is 13.9. The van der Waals surface area contributed by atoms with Gasteiger partial charge in [-0.2, -0.15) is 12.6 Å². The van der Waals surface area contributed by atoms with E-state index in [1.807, 2.05) is 0 Å². The maximum absolute atomic E-state index is 8.69. The Balaban J connectivity index is 3.49. The number of hydrogen-bond donors (Lipinski definition) is 2. The van der Waals surface area contributed by atoms with Crippen molar-refractivity contribution in [2.75, 3.05) is 32.0 Å². The fourth-order valence-electron chi connectivity index (χ4n) is 1.02. The summed E-state index contributed by atoms with van der Waals surface area (Å²) in [6.45, 7) is 7.38. The second kappa shape index (κ2) is 6.95. The largest absolute Gasteiger partial charge is 0.395 e. The van der Waals surface area contributed by atoms with Gasteiger partial charge in [0, 0.05) is 13.1 Å². The molecule has 0 spiro atoms. The molecule has 0 aliphatic heterocycles. The summed E-state index contributed by atoms with van der Waals surface area (Å²) in [7, 11) is 0. The van der Waals surface area contributed by atoms with Crippen molar-refractivity contribution in [1.82, 2.24) is 4.90 Å². The lowest BCUT2D eigenvalue weighted by Crippen LogP contribution is -2.31. The molecule has 0 fully saturated rings. The average Bonchev–Trinajstić information content (AvgIpc) is 2.03. The number of thiol groups is 1. The highest BCUT2D eigenvalue weighted by Crippen LogP contribution is 2.00. The summed E-state index contributed by atoms with van der Waals surface area (Å²) in [5.41, 5.74) is 0. The zero-order chi connectivity index (χ0) is 8.69. The third-order valence-corrected chi connectivity index (χ3v) is 2.37. The van der Waals surface area contributed by atoms with Crippen LogP contribution in [0.4, 0.5) is 0 Å². The predicted octanol–water partition coefficient (Wildman–Crippen LogP) is 0.867. The summed E-state index contributed by atoms with van der Waals surface area (Å²) >= 11 is 4.21. The molecule has 0 saturated heterocycles. The third kappa shape index (κ3) is 5.53. The van der Waals surface area contributed by atoms with Crippen LogP contribution in [0.25, 0.3) is 0 Å². The quantitative estimate of drug-likeness (QED) is 0.588. The molecule has 1 unspecified atom stereocenters. The summed E-state index contributed by atoms with van der Waals surface area (Å²) in [5.74, 6) is 1.53. The third-order valence-electron chi connectivity index (χ3n) is 1.74. The molecule has 0 aromatic carbocycles. The summed E-state index contributed by atoms with van der Waals surface area (Å²) in [6, 6.07) is 0. The van der Waals surface area contributed by atoms with Crippen LogP contribution in [0.2, 0.25) is 0 Å². The highest BCUT2D eigenvalue weighted by molar-refractivity contribution is 7.80. The van der Waals surface area contributed by atoms with Crippen molar-refractivity contribution in [3.63, 3.8) is 0 Å². The average molecular weight is 177 g/mol. The molecule has 0 rings (SSSR count). The van der Waals surface area contributed by atoms with E-state index < -0.39 is 0 Å². The van der Waals surface area contributed by atoms with Gasteiger partial charge in [-0.15, -0.1) is 0 Å².